The smallest absolute Gasteiger partial charge is 0.274 e. The Morgan fingerprint density at radius 3 is 2.72 bits per heavy atom. The molecule has 4 heterocycles. The average molecular weight is 340 g/mol. The summed E-state index contributed by atoms with van der Waals surface area (Å²) >= 11 is 0. The molecule has 2 aromatic rings. The van der Waals surface area contributed by atoms with Gasteiger partial charge >= 0.3 is 0 Å². The summed E-state index contributed by atoms with van der Waals surface area (Å²) in [6.45, 7) is 1.18. The Morgan fingerprint density at radius 2 is 2.08 bits per heavy atom. The second-order valence-electron chi connectivity index (χ2n) is 6.79. The number of hydrogen-bond acceptors (Lipinski definition) is 5. The summed E-state index contributed by atoms with van der Waals surface area (Å²) in [4.78, 5) is 34.5. The quantitative estimate of drug-likeness (QED) is 0.859. The van der Waals surface area contributed by atoms with Crippen LogP contribution in [0.5, 0.6) is 0 Å². The van der Waals surface area contributed by atoms with E-state index in [2.05, 4.69) is 20.4 Å². The van der Waals surface area contributed by atoms with Gasteiger partial charge in [-0.05, 0) is 18.4 Å². The molecule has 1 atom stereocenters. The van der Waals surface area contributed by atoms with Crippen LogP contribution in [0.2, 0.25) is 0 Å². The van der Waals surface area contributed by atoms with Crippen LogP contribution in [-0.2, 0) is 11.8 Å². The SMILES string of the molecule is Cn1cc([C@H]2CC(=O)NC23CCN(C(=O)c2cnccn2)CC3)cn1. The van der Waals surface area contributed by atoms with Crippen LogP contribution in [0.15, 0.2) is 31.0 Å². The third-order valence-electron chi connectivity index (χ3n) is 5.30. The molecule has 2 aromatic heterocycles. The summed E-state index contributed by atoms with van der Waals surface area (Å²) in [6.07, 6.45) is 10.3. The zero-order valence-corrected chi connectivity index (χ0v) is 14.1. The van der Waals surface area contributed by atoms with Gasteiger partial charge in [-0.15, -0.1) is 0 Å². The lowest BCUT2D eigenvalue weighted by Crippen LogP contribution is -2.54. The average Bonchev–Trinajstić information content (AvgIpc) is 3.19. The van der Waals surface area contributed by atoms with Crippen LogP contribution in [-0.4, -0.2) is 55.1 Å². The van der Waals surface area contributed by atoms with Crippen LogP contribution in [0.25, 0.3) is 0 Å². The number of rotatable bonds is 2. The third kappa shape index (κ3) is 2.77. The molecule has 130 valence electrons. The monoisotopic (exact) mass is 340 g/mol. The first-order valence-electron chi connectivity index (χ1n) is 8.42. The van der Waals surface area contributed by atoms with E-state index in [1.54, 1.807) is 15.8 Å². The van der Waals surface area contributed by atoms with Crippen molar-refractivity contribution in [3.63, 3.8) is 0 Å². The van der Waals surface area contributed by atoms with Crippen molar-refractivity contribution in [3.05, 3.63) is 42.2 Å². The number of hydrogen-bond donors (Lipinski definition) is 1. The zero-order valence-electron chi connectivity index (χ0n) is 14.1. The summed E-state index contributed by atoms with van der Waals surface area (Å²) in [5.74, 6) is 0.0650. The molecule has 2 amide bonds. The number of aryl methyl sites for hydroxylation is 1. The second kappa shape index (κ2) is 5.94. The maximum Gasteiger partial charge on any atom is 0.274 e. The van der Waals surface area contributed by atoms with Gasteiger partial charge in [0, 0.05) is 51.1 Å². The van der Waals surface area contributed by atoms with Gasteiger partial charge in [0.25, 0.3) is 5.91 Å². The van der Waals surface area contributed by atoms with Gasteiger partial charge in [-0.2, -0.15) is 5.10 Å². The van der Waals surface area contributed by atoms with Crippen LogP contribution >= 0.6 is 0 Å². The molecule has 0 aliphatic carbocycles. The highest BCUT2D eigenvalue weighted by Crippen LogP contribution is 2.43. The second-order valence-corrected chi connectivity index (χ2v) is 6.79. The Bertz CT molecular complexity index is 794. The maximum atomic E-state index is 12.5. The van der Waals surface area contributed by atoms with Crippen molar-refractivity contribution in [3.8, 4) is 0 Å². The molecule has 2 aliphatic rings. The van der Waals surface area contributed by atoms with Crippen molar-refractivity contribution in [1.82, 2.24) is 30.0 Å². The number of aromatic nitrogens is 4. The van der Waals surface area contributed by atoms with Crippen LogP contribution in [0.1, 0.15) is 41.2 Å². The lowest BCUT2D eigenvalue weighted by Gasteiger charge is -2.42. The fourth-order valence-electron chi connectivity index (χ4n) is 4.01. The minimum Gasteiger partial charge on any atom is -0.350 e. The molecule has 0 aromatic carbocycles. The van der Waals surface area contributed by atoms with Crippen molar-refractivity contribution in [1.29, 1.82) is 0 Å². The Kier molecular flexibility index (Phi) is 3.74. The zero-order chi connectivity index (χ0) is 17.4. The maximum absolute atomic E-state index is 12.5. The van der Waals surface area contributed by atoms with E-state index in [9.17, 15) is 9.59 Å². The van der Waals surface area contributed by atoms with Gasteiger partial charge in [0.15, 0.2) is 0 Å². The Hall–Kier alpha value is -2.77. The molecule has 25 heavy (non-hydrogen) atoms. The van der Waals surface area contributed by atoms with E-state index in [1.807, 2.05) is 19.4 Å². The van der Waals surface area contributed by atoms with E-state index in [0.29, 0.717) is 25.2 Å². The molecular formula is C17H20N6O2. The van der Waals surface area contributed by atoms with Gasteiger partial charge in [0.05, 0.1) is 17.9 Å². The molecule has 0 bridgehead atoms. The predicted molar refractivity (Wildman–Crippen MR) is 88.6 cm³/mol. The highest BCUT2D eigenvalue weighted by molar-refractivity contribution is 5.92. The van der Waals surface area contributed by atoms with Gasteiger partial charge in [-0.3, -0.25) is 19.3 Å². The number of nitrogens with zero attached hydrogens (tertiary/aromatic N) is 5. The number of carbonyl (C=O) groups excluding carboxylic acids is 2. The third-order valence-corrected chi connectivity index (χ3v) is 5.30. The van der Waals surface area contributed by atoms with Crippen LogP contribution in [0, 0.1) is 0 Å². The molecule has 4 rings (SSSR count). The van der Waals surface area contributed by atoms with Crippen molar-refractivity contribution in [2.24, 2.45) is 7.05 Å². The number of likely N-dealkylation sites (tertiary alicyclic amines) is 1. The van der Waals surface area contributed by atoms with Gasteiger partial charge in [0.1, 0.15) is 5.69 Å². The standard InChI is InChI=1S/C17H20N6O2/c1-22-11-12(9-20-22)13-8-15(24)21-17(13)2-6-23(7-3-17)16(25)14-10-18-4-5-19-14/h4-5,9-11,13H,2-3,6-8H2,1H3,(H,21,24)/t13-/m1/s1. The lowest BCUT2D eigenvalue weighted by atomic mass is 9.75. The number of nitrogens with one attached hydrogen (secondary N) is 1. The molecule has 1 spiro atoms. The Morgan fingerprint density at radius 1 is 1.28 bits per heavy atom. The van der Waals surface area contributed by atoms with Crippen LogP contribution < -0.4 is 5.32 Å². The molecule has 8 nitrogen and oxygen atoms in total. The number of carbonyl (C=O) groups is 2. The summed E-state index contributed by atoms with van der Waals surface area (Å²) in [6, 6.07) is 0. The van der Waals surface area contributed by atoms with E-state index in [4.69, 9.17) is 0 Å². The molecule has 0 radical (unpaired) electrons. The van der Waals surface area contributed by atoms with Crippen molar-refractivity contribution < 1.29 is 9.59 Å². The van der Waals surface area contributed by atoms with E-state index in [-0.39, 0.29) is 23.3 Å². The summed E-state index contributed by atoms with van der Waals surface area (Å²) in [7, 11) is 1.88. The first kappa shape index (κ1) is 15.7. The van der Waals surface area contributed by atoms with E-state index in [0.717, 1.165) is 18.4 Å². The van der Waals surface area contributed by atoms with Crippen LogP contribution in [0.4, 0.5) is 0 Å². The van der Waals surface area contributed by atoms with Gasteiger partial charge in [0.2, 0.25) is 5.91 Å². The van der Waals surface area contributed by atoms with Gasteiger partial charge in [-0.25, -0.2) is 4.98 Å². The predicted octanol–water partition coefficient (Wildman–Crippen LogP) is 0.489. The topological polar surface area (TPSA) is 93.0 Å². The van der Waals surface area contributed by atoms with E-state index >= 15 is 0 Å². The fraction of sp³-hybridized carbons (Fsp3) is 0.471. The van der Waals surface area contributed by atoms with Crippen molar-refractivity contribution in [2.75, 3.05) is 13.1 Å². The highest BCUT2D eigenvalue weighted by atomic mass is 16.2. The molecule has 0 saturated carbocycles. The van der Waals surface area contributed by atoms with Gasteiger partial charge < -0.3 is 10.2 Å². The minimum atomic E-state index is -0.292. The Balaban J connectivity index is 1.51. The van der Waals surface area contributed by atoms with Crippen molar-refractivity contribution in [2.45, 2.75) is 30.7 Å². The highest BCUT2D eigenvalue weighted by Gasteiger charge is 2.49. The van der Waals surface area contributed by atoms with E-state index < -0.39 is 0 Å². The molecule has 2 fully saturated rings. The van der Waals surface area contributed by atoms with Crippen molar-refractivity contribution >= 4 is 11.8 Å². The first-order chi connectivity index (χ1) is 12.1. The minimum absolute atomic E-state index is 0.0718. The molecule has 1 N–H and O–H groups in total. The van der Waals surface area contributed by atoms with Gasteiger partial charge in [-0.1, -0.05) is 0 Å². The van der Waals surface area contributed by atoms with E-state index in [1.165, 1.54) is 12.4 Å². The summed E-state index contributed by atoms with van der Waals surface area (Å²) in [5.41, 5.74) is 1.14. The molecule has 2 aliphatic heterocycles. The lowest BCUT2D eigenvalue weighted by molar-refractivity contribution is -0.120. The molecule has 8 heteroatoms. The first-order valence-corrected chi connectivity index (χ1v) is 8.42. The Labute approximate surface area is 145 Å². The summed E-state index contributed by atoms with van der Waals surface area (Å²) < 4.78 is 1.76. The molecule has 0 unspecified atom stereocenters. The number of piperidine rings is 1. The summed E-state index contributed by atoms with van der Waals surface area (Å²) in [5, 5.41) is 7.43. The number of amides is 2. The molecular weight excluding hydrogens is 320 g/mol. The van der Waals surface area contributed by atoms with Crippen LogP contribution in [0.3, 0.4) is 0 Å². The molecule has 2 saturated heterocycles. The largest absolute Gasteiger partial charge is 0.350 e. The fourth-order valence-corrected chi connectivity index (χ4v) is 4.01. The normalized spacial score (nSPS) is 22.2.